The molecule has 126 valence electrons. The third-order valence-corrected chi connectivity index (χ3v) is 3.21. The van der Waals surface area contributed by atoms with Crippen LogP contribution in [0, 0.1) is 0 Å². The Morgan fingerprint density at radius 1 is 1.00 bits per heavy atom. The zero-order chi connectivity index (χ0) is 17.2. The standard InChI is InChI=1S/C17H22O6/c1-3-22-16(20)15(17(21)23-4-2)13-10-8-12(9-11-13)6-5-7-14(18)19/h8-11,15H,3-7H2,1-2H3,(H,18,19). The summed E-state index contributed by atoms with van der Waals surface area (Å²) in [5, 5.41) is 8.63. The van der Waals surface area contributed by atoms with E-state index < -0.39 is 23.8 Å². The quantitative estimate of drug-likeness (QED) is 0.554. The number of carbonyl (C=O) groups is 3. The fraction of sp³-hybridized carbons (Fsp3) is 0.471. The number of ether oxygens (including phenoxy) is 2. The van der Waals surface area contributed by atoms with Crippen LogP contribution < -0.4 is 0 Å². The zero-order valence-electron chi connectivity index (χ0n) is 13.4. The molecule has 0 fully saturated rings. The molecule has 1 rings (SSSR count). The highest BCUT2D eigenvalue weighted by atomic mass is 16.6. The van der Waals surface area contributed by atoms with Gasteiger partial charge in [0, 0.05) is 6.42 Å². The molecule has 0 spiro atoms. The molecule has 1 N–H and O–H groups in total. The lowest BCUT2D eigenvalue weighted by atomic mass is 9.97. The number of esters is 2. The molecule has 0 aliphatic rings. The van der Waals surface area contributed by atoms with Gasteiger partial charge in [-0.3, -0.25) is 14.4 Å². The number of carboxylic acids is 1. The lowest BCUT2D eigenvalue weighted by Gasteiger charge is -2.15. The number of aryl methyl sites for hydroxylation is 1. The first-order chi connectivity index (χ1) is 11.0. The van der Waals surface area contributed by atoms with Gasteiger partial charge in [-0.25, -0.2) is 0 Å². The number of carboxylic acid groups (broad SMARTS) is 1. The van der Waals surface area contributed by atoms with Crippen molar-refractivity contribution in [1.82, 2.24) is 0 Å². The molecule has 23 heavy (non-hydrogen) atoms. The Labute approximate surface area is 135 Å². The van der Waals surface area contributed by atoms with E-state index in [9.17, 15) is 14.4 Å². The van der Waals surface area contributed by atoms with Crippen molar-refractivity contribution in [3.63, 3.8) is 0 Å². The Morgan fingerprint density at radius 2 is 1.52 bits per heavy atom. The van der Waals surface area contributed by atoms with E-state index in [1.54, 1.807) is 38.1 Å². The number of hydrogen-bond acceptors (Lipinski definition) is 5. The highest BCUT2D eigenvalue weighted by molar-refractivity contribution is 6.00. The highest BCUT2D eigenvalue weighted by Crippen LogP contribution is 2.21. The SMILES string of the molecule is CCOC(=O)C(C(=O)OCC)c1ccc(CCCC(=O)O)cc1. The summed E-state index contributed by atoms with van der Waals surface area (Å²) in [5.41, 5.74) is 1.45. The second kappa shape index (κ2) is 9.61. The Hall–Kier alpha value is -2.37. The van der Waals surface area contributed by atoms with Crippen LogP contribution in [0.5, 0.6) is 0 Å². The second-order valence-corrected chi connectivity index (χ2v) is 4.93. The number of carbonyl (C=O) groups excluding carboxylic acids is 2. The summed E-state index contributed by atoms with van der Waals surface area (Å²) < 4.78 is 9.88. The first kappa shape index (κ1) is 18.7. The molecule has 0 unspecified atom stereocenters. The van der Waals surface area contributed by atoms with Crippen LogP contribution in [0.1, 0.15) is 43.7 Å². The maximum absolute atomic E-state index is 12.0. The molecule has 1 aromatic rings. The van der Waals surface area contributed by atoms with E-state index >= 15 is 0 Å². The fourth-order valence-corrected chi connectivity index (χ4v) is 2.14. The van der Waals surface area contributed by atoms with Gasteiger partial charge in [0.05, 0.1) is 13.2 Å². The molecule has 0 amide bonds. The maximum Gasteiger partial charge on any atom is 0.324 e. The van der Waals surface area contributed by atoms with Gasteiger partial charge in [-0.05, 0) is 37.8 Å². The van der Waals surface area contributed by atoms with E-state index in [0.717, 1.165) is 5.56 Å². The van der Waals surface area contributed by atoms with Crippen molar-refractivity contribution < 1.29 is 29.0 Å². The predicted octanol–water partition coefficient (Wildman–Crippen LogP) is 2.30. The van der Waals surface area contributed by atoms with Gasteiger partial charge in [-0.1, -0.05) is 24.3 Å². The first-order valence-electron chi connectivity index (χ1n) is 7.63. The number of hydrogen-bond donors (Lipinski definition) is 1. The van der Waals surface area contributed by atoms with E-state index in [2.05, 4.69) is 0 Å². The number of rotatable bonds is 9. The Kier molecular flexibility index (Phi) is 7.80. The monoisotopic (exact) mass is 322 g/mol. The summed E-state index contributed by atoms with van der Waals surface area (Å²) in [6.45, 7) is 3.71. The van der Waals surface area contributed by atoms with Crippen LogP contribution in [0.2, 0.25) is 0 Å². The van der Waals surface area contributed by atoms with Crippen LogP contribution in [0.4, 0.5) is 0 Å². The van der Waals surface area contributed by atoms with Crippen molar-refractivity contribution in [3.8, 4) is 0 Å². The van der Waals surface area contributed by atoms with Crippen molar-refractivity contribution in [2.75, 3.05) is 13.2 Å². The van der Waals surface area contributed by atoms with Crippen LogP contribution in [0.15, 0.2) is 24.3 Å². The molecular weight excluding hydrogens is 300 g/mol. The minimum absolute atomic E-state index is 0.107. The van der Waals surface area contributed by atoms with Gasteiger partial charge < -0.3 is 14.6 Å². The van der Waals surface area contributed by atoms with Gasteiger partial charge in [-0.2, -0.15) is 0 Å². The molecule has 1 aromatic carbocycles. The van der Waals surface area contributed by atoms with Crippen LogP contribution in [-0.4, -0.2) is 36.2 Å². The van der Waals surface area contributed by atoms with Crippen molar-refractivity contribution in [1.29, 1.82) is 0 Å². The Balaban J connectivity index is 2.83. The highest BCUT2D eigenvalue weighted by Gasteiger charge is 2.31. The van der Waals surface area contributed by atoms with Gasteiger partial charge in [0.15, 0.2) is 5.92 Å². The summed E-state index contributed by atoms with van der Waals surface area (Å²) in [4.78, 5) is 34.5. The molecule has 0 aliphatic carbocycles. The summed E-state index contributed by atoms with van der Waals surface area (Å²) in [5.74, 6) is -3.19. The topological polar surface area (TPSA) is 89.9 Å². The van der Waals surface area contributed by atoms with Crippen LogP contribution in [0.3, 0.4) is 0 Å². The third-order valence-electron chi connectivity index (χ3n) is 3.21. The lowest BCUT2D eigenvalue weighted by molar-refractivity contribution is -0.157. The summed E-state index contributed by atoms with van der Waals surface area (Å²) in [7, 11) is 0. The van der Waals surface area contributed by atoms with Gasteiger partial charge in [0.1, 0.15) is 0 Å². The van der Waals surface area contributed by atoms with Crippen molar-refractivity contribution in [2.45, 2.75) is 39.0 Å². The van der Waals surface area contributed by atoms with E-state index in [0.29, 0.717) is 18.4 Å². The van der Waals surface area contributed by atoms with Gasteiger partial charge in [-0.15, -0.1) is 0 Å². The minimum Gasteiger partial charge on any atom is -0.481 e. The van der Waals surface area contributed by atoms with E-state index in [1.165, 1.54) is 0 Å². The number of aliphatic carboxylic acids is 1. The molecular formula is C17H22O6. The molecule has 6 nitrogen and oxygen atoms in total. The summed E-state index contributed by atoms with van der Waals surface area (Å²) in [6, 6.07) is 6.91. The molecule has 0 bridgehead atoms. The van der Waals surface area contributed by atoms with E-state index in [4.69, 9.17) is 14.6 Å². The molecule has 0 saturated heterocycles. The molecule has 0 saturated carbocycles. The van der Waals surface area contributed by atoms with Crippen molar-refractivity contribution in [3.05, 3.63) is 35.4 Å². The summed E-state index contributed by atoms with van der Waals surface area (Å²) in [6.07, 6.45) is 1.26. The smallest absolute Gasteiger partial charge is 0.324 e. The normalized spacial score (nSPS) is 10.4. The molecule has 0 heterocycles. The van der Waals surface area contributed by atoms with Crippen molar-refractivity contribution in [2.24, 2.45) is 0 Å². The fourth-order valence-electron chi connectivity index (χ4n) is 2.14. The van der Waals surface area contributed by atoms with Crippen LogP contribution in [-0.2, 0) is 30.3 Å². The summed E-state index contributed by atoms with van der Waals surface area (Å²) >= 11 is 0. The minimum atomic E-state index is -1.09. The van der Waals surface area contributed by atoms with Crippen LogP contribution in [0.25, 0.3) is 0 Å². The lowest BCUT2D eigenvalue weighted by Crippen LogP contribution is -2.26. The molecule has 6 heteroatoms. The predicted molar refractivity (Wildman–Crippen MR) is 83.0 cm³/mol. The maximum atomic E-state index is 12.0. The molecule has 0 aliphatic heterocycles. The average Bonchev–Trinajstić information content (AvgIpc) is 2.49. The Bertz CT molecular complexity index is 517. The van der Waals surface area contributed by atoms with Crippen LogP contribution >= 0.6 is 0 Å². The first-order valence-corrected chi connectivity index (χ1v) is 7.63. The van der Waals surface area contributed by atoms with Crippen molar-refractivity contribution >= 4 is 17.9 Å². The number of benzene rings is 1. The van der Waals surface area contributed by atoms with E-state index in [1.807, 2.05) is 0 Å². The van der Waals surface area contributed by atoms with Gasteiger partial charge in [0.2, 0.25) is 0 Å². The van der Waals surface area contributed by atoms with Gasteiger partial charge in [0.25, 0.3) is 0 Å². The molecule has 0 radical (unpaired) electrons. The Morgan fingerprint density at radius 3 is 1.96 bits per heavy atom. The third kappa shape index (κ3) is 6.10. The molecule has 0 aromatic heterocycles. The average molecular weight is 322 g/mol. The molecule has 0 atom stereocenters. The van der Waals surface area contributed by atoms with E-state index in [-0.39, 0.29) is 19.6 Å². The second-order valence-electron chi connectivity index (χ2n) is 4.93. The van der Waals surface area contributed by atoms with Gasteiger partial charge >= 0.3 is 17.9 Å². The largest absolute Gasteiger partial charge is 0.481 e. The zero-order valence-corrected chi connectivity index (χ0v) is 13.4.